The molecule has 0 bridgehead atoms. The first-order valence-corrected chi connectivity index (χ1v) is 4.06. The van der Waals surface area contributed by atoms with Gasteiger partial charge in [0, 0.05) is 18.0 Å². The average molecular weight is 195 g/mol. The van der Waals surface area contributed by atoms with Gasteiger partial charge >= 0.3 is 5.97 Å². The molecule has 0 fully saturated rings. The quantitative estimate of drug-likeness (QED) is 0.648. The van der Waals surface area contributed by atoms with Crippen LogP contribution in [0.1, 0.15) is 12.5 Å². The number of methoxy groups -OCH3 is 1. The second kappa shape index (κ2) is 3.63. The van der Waals surface area contributed by atoms with Crippen molar-refractivity contribution in [3.63, 3.8) is 0 Å². The summed E-state index contributed by atoms with van der Waals surface area (Å²) in [5, 5.41) is 0. The Labute approximate surface area is 82.1 Å². The monoisotopic (exact) mass is 195 g/mol. The summed E-state index contributed by atoms with van der Waals surface area (Å²) in [5.74, 6) is -0.523. The molecule has 0 saturated carbocycles. The number of nitrogens with two attached hydrogens (primary N) is 2. The highest BCUT2D eigenvalue weighted by Gasteiger charge is 2.32. The largest absolute Gasteiger partial charge is 0.467 e. The topological polar surface area (TPSA) is 91.2 Å². The van der Waals surface area contributed by atoms with Crippen molar-refractivity contribution < 1.29 is 9.53 Å². The first-order valence-electron chi connectivity index (χ1n) is 4.06. The summed E-state index contributed by atoms with van der Waals surface area (Å²) >= 11 is 0. The van der Waals surface area contributed by atoms with Crippen molar-refractivity contribution in [1.82, 2.24) is 4.98 Å². The van der Waals surface area contributed by atoms with Gasteiger partial charge in [0.25, 0.3) is 0 Å². The summed E-state index contributed by atoms with van der Waals surface area (Å²) in [6, 6.07) is 1.60. The molecule has 1 aromatic heterocycles. The van der Waals surface area contributed by atoms with Gasteiger partial charge in [-0.3, -0.25) is 4.98 Å². The molecule has 14 heavy (non-hydrogen) atoms. The molecule has 1 heterocycles. The molecule has 5 heteroatoms. The molecule has 5 nitrogen and oxygen atoms in total. The molecular weight excluding hydrogens is 182 g/mol. The highest BCUT2D eigenvalue weighted by molar-refractivity contribution is 5.81. The van der Waals surface area contributed by atoms with E-state index in [2.05, 4.69) is 9.72 Å². The van der Waals surface area contributed by atoms with Crippen LogP contribution in [0.4, 0.5) is 5.69 Å². The van der Waals surface area contributed by atoms with E-state index < -0.39 is 11.5 Å². The van der Waals surface area contributed by atoms with Crippen LogP contribution in [0.25, 0.3) is 0 Å². The van der Waals surface area contributed by atoms with Gasteiger partial charge in [0.2, 0.25) is 0 Å². The van der Waals surface area contributed by atoms with Crippen molar-refractivity contribution in [2.24, 2.45) is 5.73 Å². The number of hydrogen-bond acceptors (Lipinski definition) is 5. The zero-order valence-corrected chi connectivity index (χ0v) is 8.15. The second-order valence-electron chi connectivity index (χ2n) is 3.20. The molecule has 0 radical (unpaired) electrons. The molecule has 4 N–H and O–H groups in total. The van der Waals surface area contributed by atoms with Gasteiger partial charge < -0.3 is 16.2 Å². The Morgan fingerprint density at radius 2 is 2.21 bits per heavy atom. The molecule has 0 spiro atoms. The van der Waals surface area contributed by atoms with E-state index in [1.807, 2.05) is 0 Å². The Bertz CT molecular complexity index is 350. The van der Waals surface area contributed by atoms with Crippen LogP contribution < -0.4 is 11.5 Å². The Balaban J connectivity index is 3.09. The molecule has 76 valence electrons. The Morgan fingerprint density at radius 1 is 1.57 bits per heavy atom. The number of ether oxygens (including phenoxy) is 1. The normalized spacial score (nSPS) is 14.5. The van der Waals surface area contributed by atoms with Crippen molar-refractivity contribution in [2.75, 3.05) is 12.8 Å². The van der Waals surface area contributed by atoms with Gasteiger partial charge in [0.05, 0.1) is 12.8 Å². The number of pyridine rings is 1. The van der Waals surface area contributed by atoms with Gasteiger partial charge in [-0.1, -0.05) is 0 Å². The molecule has 1 rings (SSSR count). The molecule has 0 amide bonds. The number of nitrogens with zero attached hydrogens (tertiary/aromatic N) is 1. The summed E-state index contributed by atoms with van der Waals surface area (Å²) in [6.45, 7) is 1.55. The maximum absolute atomic E-state index is 11.3. The van der Waals surface area contributed by atoms with Crippen molar-refractivity contribution in [3.8, 4) is 0 Å². The van der Waals surface area contributed by atoms with E-state index in [9.17, 15) is 4.79 Å². The zero-order valence-electron chi connectivity index (χ0n) is 8.15. The number of nitrogen functional groups attached to an aromatic ring is 1. The predicted molar refractivity (Wildman–Crippen MR) is 52.2 cm³/mol. The minimum atomic E-state index is -1.21. The van der Waals surface area contributed by atoms with Gasteiger partial charge in [0.15, 0.2) is 0 Å². The van der Waals surface area contributed by atoms with E-state index in [0.29, 0.717) is 11.3 Å². The molecule has 1 unspecified atom stereocenters. The van der Waals surface area contributed by atoms with Gasteiger partial charge in [-0.25, -0.2) is 4.79 Å². The van der Waals surface area contributed by atoms with E-state index in [1.165, 1.54) is 19.5 Å². The number of carbonyl (C=O) groups is 1. The fraction of sp³-hybridized carbons (Fsp3) is 0.333. The smallest absolute Gasteiger partial charge is 0.330 e. The summed E-state index contributed by atoms with van der Waals surface area (Å²) in [7, 11) is 1.28. The van der Waals surface area contributed by atoms with Crippen LogP contribution in [-0.4, -0.2) is 18.1 Å². The molecule has 0 saturated heterocycles. The van der Waals surface area contributed by atoms with Gasteiger partial charge in [-0.05, 0) is 13.0 Å². The van der Waals surface area contributed by atoms with E-state index >= 15 is 0 Å². The number of anilines is 1. The van der Waals surface area contributed by atoms with Crippen LogP contribution in [0.2, 0.25) is 0 Å². The third-order valence-electron chi connectivity index (χ3n) is 1.97. The predicted octanol–water partition coefficient (Wildman–Crippen LogP) is 0.0107. The molecule has 1 aromatic rings. The Hall–Kier alpha value is -1.62. The van der Waals surface area contributed by atoms with Gasteiger partial charge in [-0.2, -0.15) is 0 Å². The third kappa shape index (κ3) is 1.82. The fourth-order valence-corrected chi connectivity index (χ4v) is 1.07. The number of aromatic nitrogens is 1. The first kappa shape index (κ1) is 10.5. The number of rotatable bonds is 2. The van der Waals surface area contributed by atoms with Crippen LogP contribution in [-0.2, 0) is 15.1 Å². The SMILES string of the molecule is COC(=O)C(C)(N)c1cncc(N)c1. The van der Waals surface area contributed by atoms with Crippen LogP contribution in [0.3, 0.4) is 0 Å². The lowest BCUT2D eigenvalue weighted by atomic mass is 9.95. The minimum absolute atomic E-state index is 0.461. The van der Waals surface area contributed by atoms with E-state index in [4.69, 9.17) is 11.5 Å². The molecular formula is C9H13N3O2. The lowest BCUT2D eigenvalue weighted by Crippen LogP contribution is -2.42. The van der Waals surface area contributed by atoms with Crippen LogP contribution in [0, 0.1) is 0 Å². The molecule has 0 aromatic carbocycles. The first-order chi connectivity index (χ1) is 6.48. The van der Waals surface area contributed by atoms with Crippen LogP contribution >= 0.6 is 0 Å². The van der Waals surface area contributed by atoms with Crippen molar-refractivity contribution in [2.45, 2.75) is 12.5 Å². The molecule has 0 aliphatic carbocycles. The second-order valence-corrected chi connectivity index (χ2v) is 3.20. The van der Waals surface area contributed by atoms with Gasteiger partial charge in [-0.15, -0.1) is 0 Å². The lowest BCUT2D eigenvalue weighted by molar-refractivity contribution is -0.146. The summed E-state index contributed by atoms with van der Waals surface area (Å²) in [4.78, 5) is 15.2. The van der Waals surface area contributed by atoms with E-state index in [-0.39, 0.29) is 0 Å². The van der Waals surface area contributed by atoms with Crippen LogP contribution in [0.15, 0.2) is 18.5 Å². The van der Waals surface area contributed by atoms with E-state index in [0.717, 1.165) is 0 Å². The maximum Gasteiger partial charge on any atom is 0.330 e. The summed E-state index contributed by atoms with van der Waals surface area (Å²) in [6.07, 6.45) is 2.98. The number of carbonyl (C=O) groups excluding carboxylic acids is 1. The number of hydrogen-bond donors (Lipinski definition) is 2. The molecule has 0 aliphatic rings. The summed E-state index contributed by atoms with van der Waals surface area (Å²) in [5.41, 5.74) is 11.1. The Kier molecular flexibility index (Phi) is 2.71. The highest BCUT2D eigenvalue weighted by Crippen LogP contribution is 2.19. The molecule has 1 atom stereocenters. The zero-order chi connectivity index (χ0) is 10.8. The van der Waals surface area contributed by atoms with Crippen molar-refractivity contribution in [1.29, 1.82) is 0 Å². The highest BCUT2D eigenvalue weighted by atomic mass is 16.5. The summed E-state index contributed by atoms with van der Waals surface area (Å²) < 4.78 is 4.58. The number of esters is 1. The van der Waals surface area contributed by atoms with Crippen molar-refractivity contribution >= 4 is 11.7 Å². The standard InChI is InChI=1S/C9H13N3O2/c1-9(11,8(13)14-2)6-3-7(10)5-12-4-6/h3-5H,10-11H2,1-2H3. The average Bonchev–Trinajstić information content (AvgIpc) is 2.16. The van der Waals surface area contributed by atoms with Crippen LogP contribution in [0.5, 0.6) is 0 Å². The minimum Gasteiger partial charge on any atom is -0.467 e. The van der Waals surface area contributed by atoms with Crippen molar-refractivity contribution in [3.05, 3.63) is 24.0 Å². The van der Waals surface area contributed by atoms with Gasteiger partial charge in [0.1, 0.15) is 5.54 Å². The fourth-order valence-electron chi connectivity index (χ4n) is 1.07. The third-order valence-corrected chi connectivity index (χ3v) is 1.97. The van der Waals surface area contributed by atoms with E-state index in [1.54, 1.807) is 13.0 Å². The Morgan fingerprint density at radius 3 is 2.71 bits per heavy atom. The lowest BCUT2D eigenvalue weighted by Gasteiger charge is -2.21. The molecule has 0 aliphatic heterocycles. The maximum atomic E-state index is 11.3.